The molecule has 0 saturated carbocycles. The highest BCUT2D eigenvalue weighted by molar-refractivity contribution is 9.10. The van der Waals surface area contributed by atoms with Crippen LogP contribution in [0.25, 0.3) is 0 Å². The van der Waals surface area contributed by atoms with Crippen molar-refractivity contribution < 1.29 is 12.8 Å². The van der Waals surface area contributed by atoms with Crippen LogP contribution < -0.4 is 10.5 Å². The van der Waals surface area contributed by atoms with E-state index in [-0.39, 0.29) is 10.6 Å². The lowest BCUT2D eigenvalue weighted by Crippen LogP contribution is -2.14. The molecule has 7 heteroatoms. The van der Waals surface area contributed by atoms with Crippen molar-refractivity contribution in [2.24, 2.45) is 0 Å². The molecule has 0 bridgehead atoms. The van der Waals surface area contributed by atoms with E-state index in [0.29, 0.717) is 10.2 Å². The largest absolute Gasteiger partial charge is 0.397 e. The average molecular weight is 359 g/mol. The van der Waals surface area contributed by atoms with Crippen LogP contribution >= 0.6 is 15.9 Å². The average Bonchev–Trinajstić information content (AvgIpc) is 2.34. The third-order valence-electron chi connectivity index (χ3n) is 2.63. The molecule has 0 aliphatic carbocycles. The van der Waals surface area contributed by atoms with Gasteiger partial charge in [0.1, 0.15) is 5.82 Å². The van der Waals surface area contributed by atoms with Gasteiger partial charge in [0.2, 0.25) is 0 Å². The van der Waals surface area contributed by atoms with Crippen LogP contribution in [0.1, 0.15) is 5.56 Å². The van der Waals surface area contributed by atoms with Crippen LogP contribution in [0.2, 0.25) is 0 Å². The summed E-state index contributed by atoms with van der Waals surface area (Å²) in [6.07, 6.45) is 0. The molecule has 0 aliphatic rings. The summed E-state index contributed by atoms with van der Waals surface area (Å²) in [5, 5.41) is 0. The molecule has 0 heterocycles. The van der Waals surface area contributed by atoms with Crippen molar-refractivity contribution in [3.8, 4) is 0 Å². The molecular formula is C13H12BrFN2O2S. The van der Waals surface area contributed by atoms with Crippen LogP contribution in [-0.4, -0.2) is 8.42 Å². The maximum absolute atomic E-state index is 12.8. The molecule has 20 heavy (non-hydrogen) atoms. The summed E-state index contributed by atoms with van der Waals surface area (Å²) in [7, 11) is -3.81. The fraction of sp³-hybridized carbons (Fsp3) is 0.0769. The topological polar surface area (TPSA) is 72.2 Å². The molecular weight excluding hydrogens is 347 g/mol. The maximum atomic E-state index is 12.8. The first-order valence-electron chi connectivity index (χ1n) is 5.63. The van der Waals surface area contributed by atoms with Gasteiger partial charge in [-0.15, -0.1) is 0 Å². The standard InChI is InChI=1S/C13H12BrFN2O2S/c1-8-6-11(14)13(12(16)7-8)17-20(18,19)10-4-2-9(15)3-5-10/h2-7,17H,16H2,1H3. The van der Waals surface area contributed by atoms with E-state index in [1.807, 2.05) is 6.92 Å². The van der Waals surface area contributed by atoms with E-state index in [2.05, 4.69) is 20.7 Å². The molecule has 3 N–H and O–H groups in total. The number of anilines is 2. The van der Waals surface area contributed by atoms with E-state index in [1.54, 1.807) is 12.1 Å². The smallest absolute Gasteiger partial charge is 0.261 e. The molecule has 2 aromatic rings. The van der Waals surface area contributed by atoms with Crippen molar-refractivity contribution in [3.63, 3.8) is 0 Å². The van der Waals surface area contributed by atoms with Crippen LogP contribution in [0.3, 0.4) is 0 Å². The quantitative estimate of drug-likeness (QED) is 0.827. The Morgan fingerprint density at radius 1 is 1.20 bits per heavy atom. The Labute approximate surface area is 125 Å². The van der Waals surface area contributed by atoms with E-state index in [4.69, 9.17) is 5.73 Å². The first kappa shape index (κ1) is 14.8. The Morgan fingerprint density at radius 2 is 1.80 bits per heavy atom. The zero-order valence-corrected chi connectivity index (χ0v) is 12.9. The van der Waals surface area contributed by atoms with Gasteiger partial charge in [0, 0.05) is 4.47 Å². The maximum Gasteiger partial charge on any atom is 0.261 e. The molecule has 0 aliphatic heterocycles. The predicted molar refractivity (Wildman–Crippen MR) is 80.5 cm³/mol. The van der Waals surface area contributed by atoms with Crippen molar-refractivity contribution >= 4 is 37.3 Å². The van der Waals surface area contributed by atoms with Crippen molar-refractivity contribution in [2.75, 3.05) is 10.5 Å². The molecule has 0 unspecified atom stereocenters. The minimum atomic E-state index is -3.81. The monoisotopic (exact) mass is 358 g/mol. The number of benzene rings is 2. The molecule has 0 atom stereocenters. The van der Waals surface area contributed by atoms with Crippen molar-refractivity contribution in [1.29, 1.82) is 0 Å². The minimum Gasteiger partial charge on any atom is -0.397 e. The van der Waals surface area contributed by atoms with Crippen LogP contribution in [0.15, 0.2) is 45.8 Å². The molecule has 0 amide bonds. The van der Waals surface area contributed by atoms with Crippen LogP contribution in [-0.2, 0) is 10.0 Å². The number of aryl methyl sites for hydroxylation is 1. The molecule has 0 spiro atoms. The van der Waals surface area contributed by atoms with Crippen LogP contribution in [0.4, 0.5) is 15.8 Å². The highest BCUT2D eigenvalue weighted by Crippen LogP contribution is 2.32. The lowest BCUT2D eigenvalue weighted by molar-refractivity contribution is 0.599. The Morgan fingerprint density at radius 3 is 2.35 bits per heavy atom. The first-order valence-corrected chi connectivity index (χ1v) is 7.91. The molecule has 0 aromatic heterocycles. The fourth-order valence-corrected chi connectivity index (χ4v) is 3.61. The second kappa shape index (κ2) is 5.41. The van der Waals surface area contributed by atoms with Gasteiger partial charge in [0.15, 0.2) is 0 Å². The molecule has 2 aromatic carbocycles. The second-order valence-corrected chi connectivity index (χ2v) is 6.81. The van der Waals surface area contributed by atoms with Crippen molar-refractivity contribution in [3.05, 3.63) is 52.3 Å². The van der Waals surface area contributed by atoms with Crippen LogP contribution in [0, 0.1) is 12.7 Å². The predicted octanol–water partition coefficient (Wildman–Crippen LogP) is 3.28. The summed E-state index contributed by atoms with van der Waals surface area (Å²) in [5.41, 5.74) is 7.29. The van der Waals surface area contributed by atoms with Gasteiger partial charge in [-0.1, -0.05) is 0 Å². The molecule has 0 saturated heterocycles. The molecule has 2 rings (SSSR count). The van der Waals surface area contributed by atoms with Crippen molar-refractivity contribution in [2.45, 2.75) is 11.8 Å². The molecule has 106 valence electrons. The fourth-order valence-electron chi connectivity index (χ4n) is 1.68. The summed E-state index contributed by atoms with van der Waals surface area (Å²) >= 11 is 3.27. The Kier molecular flexibility index (Phi) is 4.01. The third-order valence-corrected chi connectivity index (χ3v) is 4.62. The van der Waals surface area contributed by atoms with Gasteiger partial charge in [-0.05, 0) is 64.8 Å². The van der Waals surface area contributed by atoms with Gasteiger partial charge < -0.3 is 5.73 Å². The Hall–Kier alpha value is -1.60. The first-order chi connectivity index (χ1) is 9.29. The zero-order valence-electron chi connectivity index (χ0n) is 10.5. The van der Waals surface area contributed by atoms with Gasteiger partial charge in [-0.25, -0.2) is 12.8 Å². The molecule has 0 fully saturated rings. The number of halogens is 2. The summed E-state index contributed by atoms with van der Waals surface area (Å²) in [6.45, 7) is 1.85. The Bertz CT molecular complexity index is 722. The number of nitrogens with one attached hydrogen (secondary N) is 1. The third kappa shape index (κ3) is 3.10. The Balaban J connectivity index is 2.41. The SMILES string of the molecule is Cc1cc(N)c(NS(=O)(=O)c2ccc(F)cc2)c(Br)c1. The van der Waals surface area contributed by atoms with Crippen LogP contribution in [0.5, 0.6) is 0 Å². The number of sulfonamides is 1. The van der Waals surface area contributed by atoms with E-state index in [9.17, 15) is 12.8 Å². The molecule has 4 nitrogen and oxygen atoms in total. The van der Waals surface area contributed by atoms with Gasteiger partial charge in [0.25, 0.3) is 10.0 Å². The summed E-state index contributed by atoms with van der Waals surface area (Å²) in [4.78, 5) is -0.0363. The second-order valence-electron chi connectivity index (χ2n) is 4.27. The van der Waals surface area contributed by atoms with E-state index in [1.165, 1.54) is 12.1 Å². The minimum absolute atomic E-state index is 0.0363. The number of hydrogen-bond acceptors (Lipinski definition) is 3. The number of hydrogen-bond donors (Lipinski definition) is 2. The lowest BCUT2D eigenvalue weighted by atomic mass is 10.2. The van der Waals surface area contributed by atoms with E-state index < -0.39 is 15.8 Å². The van der Waals surface area contributed by atoms with E-state index in [0.717, 1.165) is 17.7 Å². The van der Waals surface area contributed by atoms with Gasteiger partial charge >= 0.3 is 0 Å². The van der Waals surface area contributed by atoms with Gasteiger partial charge in [-0.2, -0.15) is 0 Å². The van der Waals surface area contributed by atoms with Gasteiger partial charge in [0.05, 0.1) is 16.3 Å². The highest BCUT2D eigenvalue weighted by atomic mass is 79.9. The number of rotatable bonds is 3. The van der Waals surface area contributed by atoms with Crippen molar-refractivity contribution in [1.82, 2.24) is 0 Å². The normalized spacial score (nSPS) is 11.3. The lowest BCUT2D eigenvalue weighted by Gasteiger charge is -2.13. The summed E-state index contributed by atoms with van der Waals surface area (Å²) in [6, 6.07) is 7.96. The highest BCUT2D eigenvalue weighted by Gasteiger charge is 2.17. The van der Waals surface area contributed by atoms with Gasteiger partial charge in [-0.3, -0.25) is 4.72 Å². The number of nitrogens with two attached hydrogens (primary N) is 1. The number of nitrogen functional groups attached to an aromatic ring is 1. The molecule has 0 radical (unpaired) electrons. The zero-order chi connectivity index (χ0) is 14.9. The van der Waals surface area contributed by atoms with E-state index >= 15 is 0 Å². The summed E-state index contributed by atoms with van der Waals surface area (Å²) < 4.78 is 40.2. The summed E-state index contributed by atoms with van der Waals surface area (Å²) in [5.74, 6) is -0.500.